The zero-order chi connectivity index (χ0) is 17.1. The van der Waals surface area contributed by atoms with Crippen LogP contribution in [-0.2, 0) is 9.59 Å². The van der Waals surface area contributed by atoms with Crippen LogP contribution in [0.25, 0.3) is 0 Å². The molecule has 120 valence electrons. The SMILES string of the molecule is NC(=O)CC(=O)N(c1cccc(Cl)c1Cl)c1cccc(Cl)c1Cl. The van der Waals surface area contributed by atoms with Gasteiger partial charge in [0, 0.05) is 0 Å². The van der Waals surface area contributed by atoms with E-state index in [0.717, 1.165) is 0 Å². The number of halogens is 4. The van der Waals surface area contributed by atoms with Gasteiger partial charge in [0.05, 0.1) is 31.5 Å². The number of amides is 2. The van der Waals surface area contributed by atoms with Crippen LogP contribution in [0.4, 0.5) is 11.4 Å². The molecule has 0 atom stereocenters. The van der Waals surface area contributed by atoms with Gasteiger partial charge in [0.1, 0.15) is 6.42 Å². The van der Waals surface area contributed by atoms with Gasteiger partial charge in [-0.3, -0.25) is 14.5 Å². The second kappa shape index (κ2) is 7.41. The van der Waals surface area contributed by atoms with E-state index in [9.17, 15) is 9.59 Å². The first-order valence-electron chi connectivity index (χ1n) is 6.32. The molecule has 23 heavy (non-hydrogen) atoms. The Labute approximate surface area is 152 Å². The molecule has 0 aliphatic rings. The number of nitrogens with two attached hydrogens (primary N) is 1. The standard InChI is InChI=1S/C15H10Cl4N2O2/c16-8-3-1-5-10(14(8)18)21(13(23)7-12(20)22)11-6-2-4-9(17)15(11)19/h1-6H,7H2,(H2,20,22). The summed E-state index contributed by atoms with van der Waals surface area (Å²) in [6.07, 6.45) is -0.522. The van der Waals surface area contributed by atoms with Crippen molar-refractivity contribution in [2.75, 3.05) is 4.90 Å². The highest BCUT2D eigenvalue weighted by Crippen LogP contribution is 2.41. The van der Waals surface area contributed by atoms with Crippen LogP contribution in [0.2, 0.25) is 20.1 Å². The Morgan fingerprint density at radius 3 is 1.70 bits per heavy atom. The molecule has 0 radical (unpaired) electrons. The molecule has 0 aromatic heterocycles. The average Bonchev–Trinajstić information content (AvgIpc) is 2.47. The first kappa shape index (κ1) is 17.9. The van der Waals surface area contributed by atoms with Gasteiger partial charge >= 0.3 is 0 Å². The Balaban J connectivity index is 2.65. The van der Waals surface area contributed by atoms with Gasteiger partial charge in [0.2, 0.25) is 11.8 Å². The third-order valence-corrected chi connectivity index (χ3v) is 4.54. The number of benzene rings is 2. The van der Waals surface area contributed by atoms with E-state index in [2.05, 4.69) is 0 Å². The molecular weight excluding hydrogens is 382 g/mol. The molecule has 2 amide bonds. The topological polar surface area (TPSA) is 63.4 Å². The highest BCUT2D eigenvalue weighted by molar-refractivity contribution is 6.46. The van der Waals surface area contributed by atoms with Crippen molar-refractivity contribution >= 4 is 69.6 Å². The molecule has 2 aromatic carbocycles. The first-order valence-corrected chi connectivity index (χ1v) is 7.83. The molecule has 2 N–H and O–H groups in total. The van der Waals surface area contributed by atoms with Gasteiger partial charge in [-0.1, -0.05) is 58.5 Å². The van der Waals surface area contributed by atoms with E-state index in [1.54, 1.807) is 36.4 Å². The molecule has 2 rings (SSSR count). The van der Waals surface area contributed by atoms with Crippen molar-refractivity contribution in [1.82, 2.24) is 0 Å². The molecule has 0 heterocycles. The zero-order valence-corrected chi connectivity index (χ0v) is 14.5. The van der Waals surface area contributed by atoms with Crippen LogP contribution >= 0.6 is 46.4 Å². The highest BCUT2D eigenvalue weighted by atomic mass is 35.5. The zero-order valence-electron chi connectivity index (χ0n) is 11.5. The van der Waals surface area contributed by atoms with Crippen molar-refractivity contribution in [3.63, 3.8) is 0 Å². The maximum absolute atomic E-state index is 12.5. The van der Waals surface area contributed by atoms with Crippen LogP contribution in [0.1, 0.15) is 6.42 Å². The number of carbonyl (C=O) groups is 2. The van der Waals surface area contributed by atoms with Crippen molar-refractivity contribution < 1.29 is 9.59 Å². The Morgan fingerprint density at radius 2 is 1.30 bits per heavy atom. The third kappa shape index (κ3) is 3.90. The number of nitrogens with zero attached hydrogens (tertiary/aromatic N) is 1. The van der Waals surface area contributed by atoms with Crippen LogP contribution < -0.4 is 10.6 Å². The van der Waals surface area contributed by atoms with Crippen LogP contribution in [0.5, 0.6) is 0 Å². The lowest BCUT2D eigenvalue weighted by Crippen LogP contribution is -2.30. The minimum absolute atomic E-state index is 0.142. The Morgan fingerprint density at radius 1 is 0.870 bits per heavy atom. The number of anilines is 2. The quantitative estimate of drug-likeness (QED) is 0.757. The lowest BCUT2D eigenvalue weighted by atomic mass is 10.2. The molecule has 0 aliphatic carbocycles. The Kier molecular flexibility index (Phi) is 5.76. The van der Waals surface area contributed by atoms with E-state index < -0.39 is 18.2 Å². The molecule has 4 nitrogen and oxygen atoms in total. The van der Waals surface area contributed by atoms with Gasteiger partial charge in [0.15, 0.2) is 0 Å². The average molecular weight is 392 g/mol. The molecule has 0 fully saturated rings. The first-order chi connectivity index (χ1) is 10.8. The van der Waals surface area contributed by atoms with Crippen molar-refractivity contribution in [2.24, 2.45) is 5.73 Å². The van der Waals surface area contributed by atoms with Crippen LogP contribution in [0.15, 0.2) is 36.4 Å². The van der Waals surface area contributed by atoms with Gasteiger partial charge in [-0.2, -0.15) is 0 Å². The lowest BCUT2D eigenvalue weighted by molar-refractivity contribution is -0.125. The molecule has 0 bridgehead atoms. The number of rotatable bonds is 4. The smallest absolute Gasteiger partial charge is 0.241 e. The van der Waals surface area contributed by atoms with Crippen LogP contribution in [0.3, 0.4) is 0 Å². The van der Waals surface area contributed by atoms with Crippen molar-refractivity contribution in [2.45, 2.75) is 6.42 Å². The third-order valence-electron chi connectivity index (χ3n) is 2.92. The fraction of sp³-hybridized carbons (Fsp3) is 0.0667. The monoisotopic (exact) mass is 390 g/mol. The molecule has 0 saturated heterocycles. The van der Waals surface area contributed by atoms with Crippen LogP contribution in [-0.4, -0.2) is 11.8 Å². The van der Waals surface area contributed by atoms with E-state index in [1.807, 2.05) is 0 Å². The summed E-state index contributed by atoms with van der Waals surface area (Å²) in [5, 5.41) is 0.782. The summed E-state index contributed by atoms with van der Waals surface area (Å²) in [6, 6.07) is 9.53. The molecule has 2 aromatic rings. The second-order valence-corrected chi connectivity index (χ2v) is 6.09. The summed E-state index contributed by atoms with van der Waals surface area (Å²) < 4.78 is 0. The van der Waals surface area contributed by atoms with E-state index >= 15 is 0 Å². The van der Waals surface area contributed by atoms with Gasteiger partial charge in [0.25, 0.3) is 0 Å². The minimum Gasteiger partial charge on any atom is -0.369 e. The summed E-state index contributed by atoms with van der Waals surface area (Å²) in [6.45, 7) is 0. The summed E-state index contributed by atoms with van der Waals surface area (Å²) in [5.74, 6) is -1.39. The summed E-state index contributed by atoms with van der Waals surface area (Å²) in [7, 11) is 0. The molecule has 0 saturated carbocycles. The number of carbonyl (C=O) groups excluding carboxylic acids is 2. The minimum atomic E-state index is -0.781. The van der Waals surface area contributed by atoms with Crippen LogP contribution in [0, 0.1) is 0 Å². The van der Waals surface area contributed by atoms with Gasteiger partial charge < -0.3 is 5.73 Å². The maximum atomic E-state index is 12.5. The predicted octanol–water partition coefficient (Wildman–Crippen LogP) is 4.84. The summed E-state index contributed by atoms with van der Waals surface area (Å²) in [4.78, 5) is 24.8. The van der Waals surface area contributed by atoms with E-state index in [4.69, 9.17) is 52.1 Å². The van der Waals surface area contributed by atoms with Gasteiger partial charge in [-0.05, 0) is 24.3 Å². The van der Waals surface area contributed by atoms with Crippen molar-refractivity contribution in [3.05, 3.63) is 56.5 Å². The van der Waals surface area contributed by atoms with Crippen molar-refractivity contribution in [1.29, 1.82) is 0 Å². The van der Waals surface area contributed by atoms with E-state index in [0.29, 0.717) is 0 Å². The summed E-state index contributed by atoms with van der Waals surface area (Å²) in [5.41, 5.74) is 5.66. The molecule has 0 unspecified atom stereocenters. The second-order valence-electron chi connectivity index (χ2n) is 4.52. The fourth-order valence-electron chi connectivity index (χ4n) is 1.96. The number of hydrogen-bond donors (Lipinski definition) is 1. The van der Waals surface area contributed by atoms with Crippen molar-refractivity contribution in [3.8, 4) is 0 Å². The molecule has 0 spiro atoms. The lowest BCUT2D eigenvalue weighted by Gasteiger charge is -2.25. The molecule has 8 heteroatoms. The normalized spacial score (nSPS) is 10.4. The molecule has 0 aliphatic heterocycles. The predicted molar refractivity (Wildman–Crippen MR) is 93.9 cm³/mol. The summed E-state index contributed by atoms with van der Waals surface area (Å²) >= 11 is 24.4. The van der Waals surface area contributed by atoms with Gasteiger partial charge in [-0.25, -0.2) is 0 Å². The largest absolute Gasteiger partial charge is 0.369 e. The number of primary amides is 1. The Bertz CT molecular complexity index is 729. The Hall–Kier alpha value is -1.46. The highest BCUT2D eigenvalue weighted by Gasteiger charge is 2.25. The van der Waals surface area contributed by atoms with E-state index in [1.165, 1.54) is 4.90 Å². The van der Waals surface area contributed by atoms with E-state index in [-0.39, 0.29) is 31.5 Å². The maximum Gasteiger partial charge on any atom is 0.241 e. The van der Waals surface area contributed by atoms with Gasteiger partial charge in [-0.15, -0.1) is 0 Å². The number of hydrogen-bond acceptors (Lipinski definition) is 2. The molecular formula is C15H10Cl4N2O2. The fourth-order valence-corrected chi connectivity index (χ4v) is 2.72.